The molecule has 0 bridgehead atoms. The zero-order valence-electron chi connectivity index (χ0n) is 8.31. The van der Waals surface area contributed by atoms with Gasteiger partial charge in [-0.2, -0.15) is 0 Å². The van der Waals surface area contributed by atoms with E-state index in [0.29, 0.717) is 11.9 Å². The summed E-state index contributed by atoms with van der Waals surface area (Å²) >= 11 is 0. The highest BCUT2D eigenvalue weighted by molar-refractivity contribution is 4.95. The van der Waals surface area contributed by atoms with Crippen LogP contribution >= 0.6 is 0 Å². The lowest BCUT2D eigenvalue weighted by Crippen LogP contribution is -2.41. The highest BCUT2D eigenvalue weighted by atomic mass is 16.5. The van der Waals surface area contributed by atoms with Gasteiger partial charge in [0.05, 0.1) is 0 Å². The van der Waals surface area contributed by atoms with Gasteiger partial charge in [-0.05, 0) is 19.0 Å². The predicted octanol–water partition coefficient (Wildman–Crippen LogP) is 0.853. The third kappa shape index (κ3) is 2.20. The van der Waals surface area contributed by atoms with E-state index in [2.05, 4.69) is 22.2 Å². The summed E-state index contributed by atoms with van der Waals surface area (Å²) in [4.78, 5) is 8.11. The average molecular weight is 193 g/mol. The third-order valence-electron chi connectivity index (χ3n) is 2.51. The molecule has 1 aliphatic heterocycles. The number of nitrogens with zero attached hydrogens (tertiary/aromatic N) is 2. The average Bonchev–Trinajstić information content (AvgIpc) is 2.23. The van der Waals surface area contributed by atoms with Crippen LogP contribution in [0, 0.1) is 5.92 Å². The van der Waals surface area contributed by atoms with Gasteiger partial charge in [-0.25, -0.2) is 9.97 Å². The van der Waals surface area contributed by atoms with Gasteiger partial charge in [0.25, 0.3) is 0 Å². The molecule has 1 saturated heterocycles. The van der Waals surface area contributed by atoms with E-state index in [1.54, 1.807) is 18.5 Å². The van der Waals surface area contributed by atoms with Gasteiger partial charge < -0.3 is 10.1 Å². The van der Waals surface area contributed by atoms with Crippen molar-refractivity contribution in [2.45, 2.75) is 19.4 Å². The molecule has 76 valence electrons. The molecule has 0 amide bonds. The molecule has 4 nitrogen and oxygen atoms in total. The Bertz CT molecular complexity index is 278. The van der Waals surface area contributed by atoms with Gasteiger partial charge in [-0.15, -0.1) is 0 Å². The standard InChI is InChI=1S/C10H15N3O/c1-8-7-11-6-3-9(8)14-10-12-4-2-5-13-10/h2,4-5,8-9,11H,3,6-7H2,1H3/t8-,9+/m1/s1. The maximum absolute atomic E-state index is 5.71. The second-order valence-electron chi connectivity index (χ2n) is 3.66. The van der Waals surface area contributed by atoms with Crippen LogP contribution in [-0.4, -0.2) is 29.2 Å². The fraction of sp³-hybridized carbons (Fsp3) is 0.600. The first-order chi connectivity index (χ1) is 6.86. The summed E-state index contributed by atoms with van der Waals surface area (Å²) in [5.74, 6) is 0.521. The summed E-state index contributed by atoms with van der Waals surface area (Å²) in [5, 5.41) is 3.33. The van der Waals surface area contributed by atoms with Crippen molar-refractivity contribution >= 4 is 0 Å². The molecule has 4 heteroatoms. The smallest absolute Gasteiger partial charge is 0.316 e. The van der Waals surface area contributed by atoms with Crippen LogP contribution in [0.25, 0.3) is 0 Å². The molecular weight excluding hydrogens is 178 g/mol. The number of hydrogen-bond acceptors (Lipinski definition) is 4. The summed E-state index contributed by atoms with van der Waals surface area (Å²) in [6.07, 6.45) is 4.68. The quantitative estimate of drug-likeness (QED) is 0.756. The third-order valence-corrected chi connectivity index (χ3v) is 2.51. The van der Waals surface area contributed by atoms with Crippen LogP contribution in [-0.2, 0) is 0 Å². The zero-order valence-corrected chi connectivity index (χ0v) is 8.31. The first kappa shape index (κ1) is 9.40. The largest absolute Gasteiger partial charge is 0.460 e. The molecule has 1 aliphatic rings. The molecule has 0 unspecified atom stereocenters. The molecule has 0 radical (unpaired) electrons. The molecule has 1 N–H and O–H groups in total. The Kier molecular flexibility index (Phi) is 2.93. The Morgan fingerprint density at radius 3 is 2.93 bits per heavy atom. The minimum Gasteiger partial charge on any atom is -0.460 e. The van der Waals surface area contributed by atoms with Gasteiger partial charge in [0.1, 0.15) is 6.10 Å². The second kappa shape index (κ2) is 4.37. The van der Waals surface area contributed by atoms with Crippen molar-refractivity contribution in [2.75, 3.05) is 13.1 Å². The van der Waals surface area contributed by atoms with Crippen molar-refractivity contribution in [3.05, 3.63) is 18.5 Å². The van der Waals surface area contributed by atoms with Crippen LogP contribution in [0.15, 0.2) is 18.5 Å². The molecule has 1 aromatic rings. The zero-order chi connectivity index (χ0) is 9.80. The number of rotatable bonds is 2. The predicted molar refractivity (Wildman–Crippen MR) is 53.1 cm³/mol. The van der Waals surface area contributed by atoms with Gasteiger partial charge in [0, 0.05) is 24.9 Å². The highest BCUT2D eigenvalue weighted by Gasteiger charge is 2.23. The van der Waals surface area contributed by atoms with Crippen molar-refractivity contribution in [3.8, 4) is 6.01 Å². The van der Waals surface area contributed by atoms with E-state index in [-0.39, 0.29) is 6.10 Å². The van der Waals surface area contributed by atoms with Crippen LogP contribution in [0.4, 0.5) is 0 Å². The molecule has 1 fully saturated rings. The minimum atomic E-state index is 0.249. The molecular formula is C10H15N3O. The molecule has 0 spiro atoms. The Hall–Kier alpha value is -1.16. The van der Waals surface area contributed by atoms with Gasteiger partial charge in [-0.3, -0.25) is 0 Å². The lowest BCUT2D eigenvalue weighted by molar-refractivity contribution is 0.101. The minimum absolute atomic E-state index is 0.249. The number of aromatic nitrogens is 2. The number of ether oxygens (including phenoxy) is 1. The van der Waals surface area contributed by atoms with Crippen LogP contribution in [0.2, 0.25) is 0 Å². The van der Waals surface area contributed by atoms with Crippen LogP contribution in [0.5, 0.6) is 6.01 Å². The Balaban J connectivity index is 1.96. The second-order valence-corrected chi connectivity index (χ2v) is 3.66. The summed E-state index contributed by atoms with van der Waals surface area (Å²) in [6.45, 7) is 4.21. The van der Waals surface area contributed by atoms with E-state index in [1.165, 1.54) is 0 Å². The molecule has 0 aromatic carbocycles. The molecule has 0 saturated carbocycles. The summed E-state index contributed by atoms with van der Waals surface area (Å²) in [7, 11) is 0. The number of nitrogens with one attached hydrogen (secondary N) is 1. The van der Waals surface area contributed by atoms with Crippen molar-refractivity contribution < 1.29 is 4.74 Å². The molecule has 0 aliphatic carbocycles. The first-order valence-electron chi connectivity index (χ1n) is 5.00. The molecule has 2 heterocycles. The van der Waals surface area contributed by atoms with E-state index in [0.717, 1.165) is 19.5 Å². The van der Waals surface area contributed by atoms with Crippen LogP contribution in [0.3, 0.4) is 0 Å². The molecule has 14 heavy (non-hydrogen) atoms. The lowest BCUT2D eigenvalue weighted by atomic mass is 9.98. The Morgan fingerprint density at radius 2 is 2.21 bits per heavy atom. The monoisotopic (exact) mass is 193 g/mol. The van der Waals surface area contributed by atoms with Gasteiger partial charge in [-0.1, -0.05) is 6.92 Å². The van der Waals surface area contributed by atoms with Gasteiger partial charge >= 0.3 is 6.01 Å². The maximum Gasteiger partial charge on any atom is 0.316 e. The lowest BCUT2D eigenvalue weighted by Gasteiger charge is -2.28. The van der Waals surface area contributed by atoms with E-state index in [1.807, 2.05) is 0 Å². The first-order valence-corrected chi connectivity index (χ1v) is 5.00. The topological polar surface area (TPSA) is 47.0 Å². The van der Waals surface area contributed by atoms with E-state index in [4.69, 9.17) is 4.74 Å². The van der Waals surface area contributed by atoms with E-state index >= 15 is 0 Å². The molecule has 2 rings (SSSR count). The van der Waals surface area contributed by atoms with Gasteiger partial charge in [0.15, 0.2) is 0 Å². The van der Waals surface area contributed by atoms with E-state index in [9.17, 15) is 0 Å². The normalized spacial score (nSPS) is 27.2. The van der Waals surface area contributed by atoms with Crippen molar-refractivity contribution in [2.24, 2.45) is 5.92 Å². The SMILES string of the molecule is C[C@@H]1CNCC[C@@H]1Oc1ncccn1. The highest BCUT2D eigenvalue weighted by Crippen LogP contribution is 2.15. The Morgan fingerprint density at radius 1 is 1.43 bits per heavy atom. The molecule has 1 aromatic heterocycles. The fourth-order valence-corrected chi connectivity index (χ4v) is 1.65. The summed E-state index contributed by atoms with van der Waals surface area (Å²) < 4.78 is 5.71. The van der Waals surface area contributed by atoms with Crippen molar-refractivity contribution in [1.29, 1.82) is 0 Å². The van der Waals surface area contributed by atoms with Crippen molar-refractivity contribution in [1.82, 2.24) is 15.3 Å². The number of piperidine rings is 1. The van der Waals surface area contributed by atoms with Crippen LogP contribution < -0.4 is 10.1 Å². The summed E-state index contributed by atoms with van der Waals surface area (Å²) in [6, 6.07) is 2.28. The van der Waals surface area contributed by atoms with Crippen LogP contribution in [0.1, 0.15) is 13.3 Å². The fourth-order valence-electron chi connectivity index (χ4n) is 1.65. The van der Waals surface area contributed by atoms with Crippen molar-refractivity contribution in [3.63, 3.8) is 0 Å². The van der Waals surface area contributed by atoms with Gasteiger partial charge in [0.2, 0.25) is 0 Å². The number of hydrogen-bond donors (Lipinski definition) is 1. The van der Waals surface area contributed by atoms with E-state index < -0.39 is 0 Å². The maximum atomic E-state index is 5.71. The summed E-state index contributed by atoms with van der Waals surface area (Å²) in [5.41, 5.74) is 0. The molecule has 2 atom stereocenters. The Labute approximate surface area is 83.7 Å².